The number of hydrogen-bond acceptors (Lipinski definition) is 5. The zero-order chi connectivity index (χ0) is 15.6. The van der Waals surface area contributed by atoms with Crippen LogP contribution in [0.1, 0.15) is 11.1 Å². The number of sulfonamides is 1. The van der Waals surface area contributed by atoms with E-state index in [-0.39, 0.29) is 10.7 Å². The summed E-state index contributed by atoms with van der Waals surface area (Å²) in [6, 6.07) is 5.09. The molecule has 0 amide bonds. The monoisotopic (exact) mass is 310 g/mol. The molecule has 1 aromatic carbocycles. The van der Waals surface area contributed by atoms with Gasteiger partial charge in [-0.15, -0.1) is 5.10 Å². The van der Waals surface area contributed by atoms with Crippen LogP contribution in [0.4, 0.5) is 5.82 Å². The number of nitrogens with zero attached hydrogens (tertiary/aromatic N) is 3. The predicted octanol–water partition coefficient (Wildman–Crippen LogP) is 0.780. The van der Waals surface area contributed by atoms with Gasteiger partial charge in [-0.25, -0.2) is 8.42 Å². The van der Waals surface area contributed by atoms with E-state index in [0.717, 1.165) is 16.6 Å². The van der Waals surface area contributed by atoms with Gasteiger partial charge in [0.05, 0.1) is 11.1 Å². The Balaban J connectivity index is 2.27. The van der Waals surface area contributed by atoms with Crippen molar-refractivity contribution in [2.75, 3.05) is 4.72 Å². The minimum atomic E-state index is -3.79. The quantitative estimate of drug-likeness (QED) is 0.843. The maximum absolute atomic E-state index is 12.3. The molecule has 0 saturated carbocycles. The molecular formula is C12H14N4O4S. The number of hydrogen-bond donors (Lipinski definition) is 2. The van der Waals surface area contributed by atoms with Crippen molar-refractivity contribution < 1.29 is 18.3 Å². The highest BCUT2D eigenvalue weighted by molar-refractivity contribution is 7.92. The molecule has 0 saturated heterocycles. The number of aryl methyl sites for hydroxylation is 2. The Morgan fingerprint density at radius 3 is 2.76 bits per heavy atom. The lowest BCUT2D eigenvalue weighted by molar-refractivity contribution is -0.138. The Kier molecular flexibility index (Phi) is 3.94. The number of benzene rings is 1. The van der Waals surface area contributed by atoms with E-state index >= 15 is 0 Å². The zero-order valence-corrected chi connectivity index (χ0v) is 12.3. The first-order valence-corrected chi connectivity index (χ1v) is 7.48. The van der Waals surface area contributed by atoms with Gasteiger partial charge >= 0.3 is 5.97 Å². The van der Waals surface area contributed by atoms with E-state index in [2.05, 4.69) is 14.9 Å². The van der Waals surface area contributed by atoms with Crippen molar-refractivity contribution in [2.24, 2.45) is 0 Å². The molecular weight excluding hydrogens is 296 g/mol. The summed E-state index contributed by atoms with van der Waals surface area (Å²) in [5.74, 6) is -1.15. The van der Waals surface area contributed by atoms with Crippen molar-refractivity contribution in [1.82, 2.24) is 15.0 Å². The number of aromatic nitrogens is 3. The maximum Gasteiger partial charge on any atom is 0.327 e. The number of anilines is 1. The molecule has 0 aliphatic rings. The molecule has 0 fully saturated rings. The normalized spacial score (nSPS) is 11.3. The minimum absolute atomic E-state index is 0.0304. The molecule has 0 aliphatic heterocycles. The molecule has 0 radical (unpaired) electrons. The molecule has 1 aromatic heterocycles. The van der Waals surface area contributed by atoms with Crippen LogP contribution >= 0.6 is 0 Å². The largest absolute Gasteiger partial charge is 0.480 e. The van der Waals surface area contributed by atoms with Crippen molar-refractivity contribution in [2.45, 2.75) is 25.3 Å². The summed E-state index contributed by atoms with van der Waals surface area (Å²) in [6.45, 7) is 3.04. The van der Waals surface area contributed by atoms with Crippen molar-refractivity contribution in [1.29, 1.82) is 0 Å². The number of aliphatic carboxylic acids is 1. The topological polar surface area (TPSA) is 114 Å². The average molecular weight is 310 g/mol. The smallest absolute Gasteiger partial charge is 0.327 e. The fourth-order valence-electron chi connectivity index (χ4n) is 1.73. The first-order valence-electron chi connectivity index (χ1n) is 6.00. The van der Waals surface area contributed by atoms with Gasteiger partial charge in [0.1, 0.15) is 0 Å². The summed E-state index contributed by atoms with van der Waals surface area (Å²) in [7, 11) is -3.79. The lowest BCUT2D eigenvalue weighted by Crippen LogP contribution is -2.16. The highest BCUT2D eigenvalue weighted by Gasteiger charge is 2.18. The van der Waals surface area contributed by atoms with E-state index in [9.17, 15) is 13.2 Å². The number of carboxylic acids is 1. The summed E-state index contributed by atoms with van der Waals surface area (Å²) in [5.41, 5.74) is 1.42. The summed E-state index contributed by atoms with van der Waals surface area (Å²) < 4.78 is 26.9. The van der Waals surface area contributed by atoms with Gasteiger partial charge in [0.25, 0.3) is 10.0 Å². The molecule has 21 heavy (non-hydrogen) atoms. The van der Waals surface area contributed by atoms with E-state index in [1.807, 2.05) is 6.07 Å². The second-order valence-corrected chi connectivity index (χ2v) is 6.18. The number of carbonyl (C=O) groups is 1. The van der Waals surface area contributed by atoms with Crippen LogP contribution in [-0.4, -0.2) is 34.5 Å². The van der Waals surface area contributed by atoms with Gasteiger partial charge in [-0.1, -0.05) is 12.1 Å². The Morgan fingerprint density at radius 1 is 1.38 bits per heavy atom. The van der Waals surface area contributed by atoms with Gasteiger partial charge in [-0.3, -0.25) is 9.52 Å². The highest BCUT2D eigenvalue weighted by Crippen LogP contribution is 2.19. The highest BCUT2D eigenvalue weighted by atomic mass is 32.2. The molecule has 0 unspecified atom stereocenters. The Bertz CT molecular complexity index is 782. The molecule has 0 aliphatic carbocycles. The predicted molar refractivity (Wildman–Crippen MR) is 74.4 cm³/mol. The number of carboxylic acid groups (broad SMARTS) is 1. The molecule has 8 nitrogen and oxygen atoms in total. The molecule has 9 heteroatoms. The van der Waals surface area contributed by atoms with Crippen LogP contribution in [0.25, 0.3) is 0 Å². The fraction of sp³-hybridized carbons (Fsp3) is 0.250. The van der Waals surface area contributed by atoms with Gasteiger partial charge in [0.15, 0.2) is 12.4 Å². The van der Waals surface area contributed by atoms with Crippen LogP contribution in [0, 0.1) is 13.8 Å². The van der Waals surface area contributed by atoms with E-state index in [4.69, 9.17) is 5.11 Å². The summed E-state index contributed by atoms with van der Waals surface area (Å²) >= 11 is 0. The standard InChI is InChI=1S/C12H14N4O4S/c1-8-3-4-9(2)10(5-8)21(19,20)15-11-6-13-16(14-11)7-12(17)18/h3-6H,7H2,1-2H3,(H,14,15)(H,17,18). The second kappa shape index (κ2) is 5.52. The number of rotatable bonds is 5. The Labute approximate surface area is 121 Å². The van der Waals surface area contributed by atoms with Crippen LogP contribution in [0.15, 0.2) is 29.3 Å². The van der Waals surface area contributed by atoms with E-state index in [1.54, 1.807) is 26.0 Å². The molecule has 2 rings (SSSR count). The third-order valence-corrected chi connectivity index (χ3v) is 4.18. The zero-order valence-electron chi connectivity index (χ0n) is 11.4. The molecule has 2 N–H and O–H groups in total. The van der Waals surface area contributed by atoms with Gasteiger partial charge in [0, 0.05) is 0 Å². The van der Waals surface area contributed by atoms with Gasteiger partial charge < -0.3 is 5.11 Å². The molecule has 0 spiro atoms. The summed E-state index contributed by atoms with van der Waals surface area (Å²) in [6.07, 6.45) is 1.16. The molecule has 0 atom stereocenters. The summed E-state index contributed by atoms with van der Waals surface area (Å²) in [5, 5.41) is 16.0. The third-order valence-electron chi connectivity index (χ3n) is 2.69. The molecule has 1 heterocycles. The van der Waals surface area contributed by atoms with Gasteiger partial charge in [-0.05, 0) is 31.0 Å². The second-order valence-electron chi connectivity index (χ2n) is 4.53. The van der Waals surface area contributed by atoms with Crippen LogP contribution in [0.3, 0.4) is 0 Å². The maximum atomic E-state index is 12.3. The number of nitrogens with one attached hydrogen (secondary N) is 1. The van der Waals surface area contributed by atoms with Crippen molar-refractivity contribution in [3.8, 4) is 0 Å². The lowest BCUT2D eigenvalue weighted by Gasteiger charge is -2.08. The molecule has 0 bridgehead atoms. The Morgan fingerprint density at radius 2 is 2.10 bits per heavy atom. The van der Waals surface area contributed by atoms with Crippen LogP contribution in [0.2, 0.25) is 0 Å². The van der Waals surface area contributed by atoms with E-state index < -0.39 is 22.5 Å². The van der Waals surface area contributed by atoms with Crippen LogP contribution < -0.4 is 4.72 Å². The lowest BCUT2D eigenvalue weighted by atomic mass is 10.2. The fourth-order valence-corrected chi connectivity index (χ4v) is 3.04. The van der Waals surface area contributed by atoms with Gasteiger partial charge in [0.2, 0.25) is 0 Å². The Hall–Kier alpha value is -2.42. The van der Waals surface area contributed by atoms with Crippen molar-refractivity contribution >= 4 is 21.8 Å². The van der Waals surface area contributed by atoms with Crippen molar-refractivity contribution in [3.63, 3.8) is 0 Å². The first-order chi connectivity index (χ1) is 9.78. The first kappa shape index (κ1) is 15.0. The van der Waals surface area contributed by atoms with Crippen LogP contribution in [-0.2, 0) is 21.4 Å². The van der Waals surface area contributed by atoms with E-state index in [1.165, 1.54) is 0 Å². The van der Waals surface area contributed by atoms with Gasteiger partial charge in [-0.2, -0.15) is 9.90 Å². The summed E-state index contributed by atoms with van der Waals surface area (Å²) in [4.78, 5) is 11.6. The molecule has 112 valence electrons. The minimum Gasteiger partial charge on any atom is -0.480 e. The average Bonchev–Trinajstić information content (AvgIpc) is 2.77. The van der Waals surface area contributed by atoms with Crippen molar-refractivity contribution in [3.05, 3.63) is 35.5 Å². The van der Waals surface area contributed by atoms with E-state index in [0.29, 0.717) is 5.56 Å². The SMILES string of the molecule is Cc1ccc(C)c(S(=O)(=O)Nc2cnn(CC(=O)O)n2)c1. The molecule has 2 aromatic rings. The van der Waals surface area contributed by atoms with Crippen LogP contribution in [0.5, 0.6) is 0 Å². The third kappa shape index (κ3) is 3.57.